The van der Waals surface area contributed by atoms with Crippen molar-refractivity contribution in [3.8, 4) is 0 Å². The number of nitrogens with zero attached hydrogens (tertiary/aromatic N) is 5. The Labute approximate surface area is 124 Å². The SMILES string of the molecule is Cc1nn(C)c(Cl)c1Cn1cc(CNC(C)(C)C)nn1. The van der Waals surface area contributed by atoms with E-state index in [4.69, 9.17) is 11.6 Å². The molecule has 0 saturated heterocycles. The number of rotatable bonds is 4. The van der Waals surface area contributed by atoms with Crippen molar-refractivity contribution in [2.24, 2.45) is 7.05 Å². The van der Waals surface area contributed by atoms with Crippen molar-refractivity contribution in [3.63, 3.8) is 0 Å². The Morgan fingerprint density at radius 1 is 1.35 bits per heavy atom. The van der Waals surface area contributed by atoms with Crippen LogP contribution in [-0.4, -0.2) is 30.3 Å². The summed E-state index contributed by atoms with van der Waals surface area (Å²) in [6.45, 7) is 9.59. The molecule has 7 heteroatoms. The minimum atomic E-state index is 0.0625. The van der Waals surface area contributed by atoms with Crippen LogP contribution >= 0.6 is 11.6 Å². The molecule has 0 aliphatic heterocycles. The van der Waals surface area contributed by atoms with Gasteiger partial charge in [-0.15, -0.1) is 5.10 Å². The van der Waals surface area contributed by atoms with Gasteiger partial charge in [0.25, 0.3) is 0 Å². The fraction of sp³-hybridized carbons (Fsp3) is 0.615. The summed E-state index contributed by atoms with van der Waals surface area (Å²) in [6.07, 6.45) is 1.93. The highest BCUT2D eigenvalue weighted by molar-refractivity contribution is 6.30. The number of nitrogens with one attached hydrogen (secondary N) is 1. The second-order valence-corrected chi connectivity index (χ2v) is 6.35. The summed E-state index contributed by atoms with van der Waals surface area (Å²) in [5, 5.41) is 16.6. The highest BCUT2D eigenvalue weighted by Gasteiger charge is 2.14. The van der Waals surface area contributed by atoms with Gasteiger partial charge in [-0.3, -0.25) is 4.68 Å². The van der Waals surface area contributed by atoms with E-state index in [0.29, 0.717) is 18.2 Å². The van der Waals surface area contributed by atoms with Gasteiger partial charge in [-0.25, -0.2) is 4.68 Å². The van der Waals surface area contributed by atoms with E-state index in [1.807, 2.05) is 20.2 Å². The van der Waals surface area contributed by atoms with Crippen molar-refractivity contribution in [1.29, 1.82) is 0 Å². The van der Waals surface area contributed by atoms with Gasteiger partial charge in [-0.2, -0.15) is 5.10 Å². The van der Waals surface area contributed by atoms with Crippen LogP contribution in [-0.2, 0) is 20.1 Å². The molecule has 0 saturated carbocycles. The molecular formula is C13H21ClN6. The molecule has 0 amide bonds. The molecule has 0 spiro atoms. The first-order valence-corrected chi connectivity index (χ1v) is 6.96. The van der Waals surface area contributed by atoms with Crippen LogP contribution in [0.4, 0.5) is 0 Å². The second kappa shape index (κ2) is 5.54. The molecule has 2 aromatic rings. The Hall–Kier alpha value is -1.40. The Kier molecular flexibility index (Phi) is 4.15. The van der Waals surface area contributed by atoms with E-state index in [0.717, 1.165) is 17.0 Å². The summed E-state index contributed by atoms with van der Waals surface area (Å²) in [7, 11) is 1.83. The lowest BCUT2D eigenvalue weighted by Gasteiger charge is -2.19. The summed E-state index contributed by atoms with van der Waals surface area (Å²) in [5.74, 6) is 0. The predicted octanol–water partition coefficient (Wildman–Crippen LogP) is 1.91. The lowest BCUT2D eigenvalue weighted by Crippen LogP contribution is -2.35. The first-order chi connectivity index (χ1) is 9.26. The van der Waals surface area contributed by atoms with Gasteiger partial charge in [-0.1, -0.05) is 16.8 Å². The Bertz CT molecular complexity index is 593. The summed E-state index contributed by atoms with van der Waals surface area (Å²) in [5.41, 5.74) is 2.88. The molecule has 0 aromatic carbocycles. The number of halogens is 1. The largest absolute Gasteiger partial charge is 0.306 e. The van der Waals surface area contributed by atoms with E-state index < -0.39 is 0 Å². The zero-order chi connectivity index (χ0) is 14.9. The Balaban J connectivity index is 2.06. The number of hydrogen-bond donors (Lipinski definition) is 1. The highest BCUT2D eigenvalue weighted by atomic mass is 35.5. The standard InChI is InChI=1S/C13H21ClN6/c1-9-11(12(14)19(5)17-9)8-20-7-10(16-18-20)6-15-13(2,3)4/h7,15H,6,8H2,1-5H3. The van der Waals surface area contributed by atoms with E-state index in [-0.39, 0.29) is 5.54 Å². The van der Waals surface area contributed by atoms with Crippen LogP contribution in [0.1, 0.15) is 37.7 Å². The molecule has 0 bridgehead atoms. The number of aromatic nitrogens is 5. The van der Waals surface area contributed by atoms with Crippen LogP contribution in [0.5, 0.6) is 0 Å². The molecule has 0 radical (unpaired) electrons. The van der Waals surface area contributed by atoms with Gasteiger partial charge in [0.15, 0.2) is 0 Å². The van der Waals surface area contributed by atoms with E-state index in [2.05, 4.69) is 41.5 Å². The van der Waals surface area contributed by atoms with Gasteiger partial charge in [-0.05, 0) is 27.7 Å². The predicted molar refractivity (Wildman–Crippen MR) is 78.7 cm³/mol. The normalized spacial score (nSPS) is 12.1. The van der Waals surface area contributed by atoms with Gasteiger partial charge in [0.2, 0.25) is 0 Å². The van der Waals surface area contributed by atoms with Crippen molar-refractivity contribution in [1.82, 2.24) is 30.1 Å². The third-order valence-electron chi connectivity index (χ3n) is 2.98. The maximum atomic E-state index is 6.22. The van der Waals surface area contributed by atoms with Crippen LogP contribution < -0.4 is 5.32 Å². The van der Waals surface area contributed by atoms with Crippen LogP contribution in [0.3, 0.4) is 0 Å². The lowest BCUT2D eigenvalue weighted by molar-refractivity contribution is 0.421. The average Bonchev–Trinajstić information content (AvgIpc) is 2.87. The van der Waals surface area contributed by atoms with Gasteiger partial charge in [0.1, 0.15) is 5.15 Å². The minimum absolute atomic E-state index is 0.0625. The van der Waals surface area contributed by atoms with Crippen molar-refractivity contribution >= 4 is 11.6 Å². The third kappa shape index (κ3) is 3.58. The molecule has 0 aliphatic rings. The zero-order valence-corrected chi connectivity index (χ0v) is 13.4. The summed E-state index contributed by atoms with van der Waals surface area (Å²) < 4.78 is 3.46. The van der Waals surface area contributed by atoms with Crippen molar-refractivity contribution in [2.75, 3.05) is 0 Å². The summed E-state index contributed by atoms with van der Waals surface area (Å²) in [6, 6.07) is 0. The molecule has 0 atom stereocenters. The zero-order valence-electron chi connectivity index (χ0n) is 12.6. The fourth-order valence-corrected chi connectivity index (χ4v) is 2.10. The van der Waals surface area contributed by atoms with Gasteiger partial charge < -0.3 is 5.32 Å². The van der Waals surface area contributed by atoms with Crippen molar-refractivity contribution in [2.45, 2.75) is 46.3 Å². The van der Waals surface area contributed by atoms with E-state index >= 15 is 0 Å². The first kappa shape index (κ1) is 15.0. The Morgan fingerprint density at radius 3 is 2.60 bits per heavy atom. The molecule has 2 aromatic heterocycles. The lowest BCUT2D eigenvalue weighted by atomic mass is 10.1. The molecule has 110 valence electrons. The monoisotopic (exact) mass is 296 g/mol. The van der Waals surface area contributed by atoms with Gasteiger partial charge in [0, 0.05) is 24.7 Å². The third-order valence-corrected chi connectivity index (χ3v) is 3.45. The van der Waals surface area contributed by atoms with Crippen LogP contribution in [0.15, 0.2) is 6.20 Å². The van der Waals surface area contributed by atoms with E-state index in [1.54, 1.807) is 9.36 Å². The average molecular weight is 297 g/mol. The highest BCUT2D eigenvalue weighted by Crippen LogP contribution is 2.19. The maximum absolute atomic E-state index is 6.22. The minimum Gasteiger partial charge on any atom is -0.306 e. The van der Waals surface area contributed by atoms with Gasteiger partial charge >= 0.3 is 0 Å². The number of aryl methyl sites for hydroxylation is 2. The molecule has 0 aliphatic carbocycles. The van der Waals surface area contributed by atoms with E-state index in [9.17, 15) is 0 Å². The molecule has 0 fully saturated rings. The van der Waals surface area contributed by atoms with Crippen LogP contribution in [0.2, 0.25) is 5.15 Å². The molecular weight excluding hydrogens is 276 g/mol. The smallest absolute Gasteiger partial charge is 0.132 e. The van der Waals surface area contributed by atoms with Crippen molar-refractivity contribution < 1.29 is 0 Å². The van der Waals surface area contributed by atoms with Crippen LogP contribution in [0.25, 0.3) is 0 Å². The maximum Gasteiger partial charge on any atom is 0.132 e. The molecule has 6 nitrogen and oxygen atoms in total. The quantitative estimate of drug-likeness (QED) is 0.936. The molecule has 1 N–H and O–H groups in total. The van der Waals surface area contributed by atoms with Crippen molar-refractivity contribution in [3.05, 3.63) is 28.3 Å². The van der Waals surface area contributed by atoms with Gasteiger partial charge in [0.05, 0.1) is 24.1 Å². The first-order valence-electron chi connectivity index (χ1n) is 6.58. The second-order valence-electron chi connectivity index (χ2n) is 5.99. The van der Waals surface area contributed by atoms with E-state index in [1.165, 1.54) is 0 Å². The van der Waals surface area contributed by atoms with Crippen LogP contribution in [0, 0.1) is 6.92 Å². The Morgan fingerprint density at radius 2 is 2.05 bits per heavy atom. The number of hydrogen-bond acceptors (Lipinski definition) is 4. The summed E-state index contributed by atoms with van der Waals surface area (Å²) in [4.78, 5) is 0. The fourth-order valence-electron chi connectivity index (χ4n) is 1.87. The molecule has 2 heterocycles. The molecule has 0 unspecified atom stereocenters. The molecule has 20 heavy (non-hydrogen) atoms. The summed E-state index contributed by atoms with van der Waals surface area (Å²) >= 11 is 6.22. The molecule has 2 rings (SSSR count). The topological polar surface area (TPSA) is 60.6 Å².